The van der Waals surface area contributed by atoms with Crippen LogP contribution < -0.4 is 5.43 Å². The van der Waals surface area contributed by atoms with Crippen LogP contribution in [0.3, 0.4) is 0 Å². The third kappa shape index (κ3) is 3.66. The van der Waals surface area contributed by atoms with Crippen LogP contribution in [0.5, 0.6) is 0 Å². The first kappa shape index (κ1) is 14.2. The van der Waals surface area contributed by atoms with E-state index in [9.17, 15) is 9.59 Å². The van der Waals surface area contributed by atoms with Gasteiger partial charge in [-0.2, -0.15) is 5.10 Å². The van der Waals surface area contributed by atoms with Crippen molar-refractivity contribution in [2.24, 2.45) is 5.10 Å². The molecule has 20 heavy (non-hydrogen) atoms. The molecule has 0 saturated heterocycles. The van der Waals surface area contributed by atoms with Gasteiger partial charge in [0.1, 0.15) is 0 Å². The topological polar surface area (TPSA) is 67.8 Å². The smallest absolute Gasteiger partial charge is 0.306 e. The SMILES string of the molecule is CCOC(=O)CCC1=NNC(=O)CC1c1ccccc1. The maximum atomic E-state index is 11.5. The van der Waals surface area contributed by atoms with Crippen LogP contribution in [-0.4, -0.2) is 24.2 Å². The van der Waals surface area contributed by atoms with Crippen LogP contribution in [0, 0.1) is 0 Å². The van der Waals surface area contributed by atoms with Crippen molar-refractivity contribution >= 4 is 17.6 Å². The summed E-state index contributed by atoms with van der Waals surface area (Å²) in [6.45, 7) is 2.16. The van der Waals surface area contributed by atoms with Gasteiger partial charge in [0, 0.05) is 18.1 Å². The number of hydrogen-bond acceptors (Lipinski definition) is 4. The Morgan fingerprint density at radius 3 is 2.85 bits per heavy atom. The molecule has 1 aliphatic heterocycles. The number of benzene rings is 1. The molecular formula is C15H18N2O3. The first-order chi connectivity index (χ1) is 9.70. The number of nitrogens with one attached hydrogen (secondary N) is 1. The fourth-order valence-electron chi connectivity index (χ4n) is 2.25. The Hall–Kier alpha value is -2.17. The molecule has 0 fully saturated rings. The number of amides is 1. The molecule has 0 aromatic heterocycles. The zero-order valence-electron chi connectivity index (χ0n) is 11.5. The molecule has 0 saturated carbocycles. The number of carbonyl (C=O) groups excluding carboxylic acids is 2. The van der Waals surface area contributed by atoms with E-state index in [1.54, 1.807) is 6.92 Å². The fraction of sp³-hybridized carbons (Fsp3) is 0.400. The summed E-state index contributed by atoms with van der Waals surface area (Å²) < 4.78 is 4.91. The Kier molecular flexibility index (Phi) is 4.87. The molecule has 1 unspecified atom stereocenters. The van der Waals surface area contributed by atoms with E-state index in [0.29, 0.717) is 19.4 Å². The lowest BCUT2D eigenvalue weighted by atomic mass is 9.87. The summed E-state index contributed by atoms with van der Waals surface area (Å²) in [5.74, 6) is -0.392. The summed E-state index contributed by atoms with van der Waals surface area (Å²) in [6, 6.07) is 9.75. The summed E-state index contributed by atoms with van der Waals surface area (Å²) in [4.78, 5) is 23.0. The molecule has 5 heteroatoms. The highest BCUT2D eigenvalue weighted by molar-refractivity contribution is 5.99. The molecule has 0 radical (unpaired) electrons. The van der Waals surface area contributed by atoms with Gasteiger partial charge in [0.15, 0.2) is 0 Å². The Bertz CT molecular complexity index is 511. The first-order valence-corrected chi connectivity index (χ1v) is 6.76. The van der Waals surface area contributed by atoms with Gasteiger partial charge in [-0.15, -0.1) is 0 Å². The largest absolute Gasteiger partial charge is 0.466 e. The zero-order chi connectivity index (χ0) is 14.4. The molecule has 0 bridgehead atoms. The third-order valence-corrected chi connectivity index (χ3v) is 3.21. The molecule has 1 heterocycles. The van der Waals surface area contributed by atoms with Crippen molar-refractivity contribution in [3.05, 3.63) is 35.9 Å². The number of ether oxygens (including phenoxy) is 1. The van der Waals surface area contributed by atoms with E-state index >= 15 is 0 Å². The molecule has 106 valence electrons. The molecule has 5 nitrogen and oxygen atoms in total. The predicted octanol–water partition coefficient (Wildman–Crippen LogP) is 1.99. The van der Waals surface area contributed by atoms with Crippen molar-refractivity contribution in [3.63, 3.8) is 0 Å². The number of rotatable bonds is 5. The highest BCUT2D eigenvalue weighted by atomic mass is 16.5. The fourth-order valence-corrected chi connectivity index (χ4v) is 2.25. The third-order valence-electron chi connectivity index (χ3n) is 3.21. The van der Waals surface area contributed by atoms with Gasteiger partial charge < -0.3 is 4.74 Å². The van der Waals surface area contributed by atoms with Gasteiger partial charge in [-0.25, -0.2) is 5.43 Å². The first-order valence-electron chi connectivity index (χ1n) is 6.76. The van der Waals surface area contributed by atoms with E-state index in [1.807, 2.05) is 30.3 Å². The standard InChI is InChI=1S/C15H18N2O3/c1-2-20-15(19)9-8-13-12(10-14(18)17-16-13)11-6-4-3-5-7-11/h3-7,12H,2,8-10H2,1H3,(H,17,18). The lowest BCUT2D eigenvalue weighted by Crippen LogP contribution is -2.32. The van der Waals surface area contributed by atoms with Gasteiger partial charge in [0.2, 0.25) is 5.91 Å². The summed E-state index contributed by atoms with van der Waals surface area (Å²) in [5.41, 5.74) is 4.35. The van der Waals surface area contributed by atoms with Gasteiger partial charge in [-0.3, -0.25) is 9.59 Å². The van der Waals surface area contributed by atoms with Crippen molar-refractivity contribution in [1.29, 1.82) is 0 Å². The van der Waals surface area contributed by atoms with Crippen molar-refractivity contribution in [2.45, 2.75) is 32.1 Å². The van der Waals surface area contributed by atoms with E-state index in [4.69, 9.17) is 4.74 Å². The van der Waals surface area contributed by atoms with Crippen LogP contribution in [0.2, 0.25) is 0 Å². The minimum atomic E-state index is -0.237. The van der Waals surface area contributed by atoms with Crippen LogP contribution in [0.4, 0.5) is 0 Å². The second kappa shape index (κ2) is 6.84. The highest BCUT2D eigenvalue weighted by Crippen LogP contribution is 2.25. The number of nitrogens with zero attached hydrogens (tertiary/aromatic N) is 1. The summed E-state index contributed by atoms with van der Waals surface area (Å²) in [7, 11) is 0. The average Bonchev–Trinajstić information content (AvgIpc) is 2.47. The van der Waals surface area contributed by atoms with Crippen LogP contribution in [0.25, 0.3) is 0 Å². The second-order valence-corrected chi connectivity index (χ2v) is 4.61. The van der Waals surface area contributed by atoms with Crippen molar-refractivity contribution < 1.29 is 14.3 Å². The molecule has 0 spiro atoms. The lowest BCUT2D eigenvalue weighted by molar-refractivity contribution is -0.142. The molecule has 1 atom stereocenters. The highest BCUT2D eigenvalue weighted by Gasteiger charge is 2.26. The minimum absolute atomic E-state index is 0.0561. The molecule has 1 aliphatic rings. The number of carbonyl (C=O) groups is 2. The van der Waals surface area contributed by atoms with Gasteiger partial charge in [-0.1, -0.05) is 30.3 Å². The number of hydrazone groups is 1. The van der Waals surface area contributed by atoms with E-state index in [0.717, 1.165) is 11.3 Å². The molecular weight excluding hydrogens is 256 g/mol. The minimum Gasteiger partial charge on any atom is -0.466 e. The number of hydrogen-bond donors (Lipinski definition) is 1. The number of esters is 1. The second-order valence-electron chi connectivity index (χ2n) is 4.61. The van der Waals surface area contributed by atoms with Crippen LogP contribution in [-0.2, 0) is 14.3 Å². The molecule has 2 rings (SSSR count). The van der Waals surface area contributed by atoms with Gasteiger partial charge in [-0.05, 0) is 18.9 Å². The van der Waals surface area contributed by atoms with E-state index in [2.05, 4.69) is 10.5 Å². The van der Waals surface area contributed by atoms with Crippen LogP contribution >= 0.6 is 0 Å². The molecule has 0 aliphatic carbocycles. The van der Waals surface area contributed by atoms with E-state index < -0.39 is 0 Å². The maximum Gasteiger partial charge on any atom is 0.306 e. The molecule has 1 amide bonds. The monoisotopic (exact) mass is 274 g/mol. The predicted molar refractivity (Wildman–Crippen MR) is 75.2 cm³/mol. The summed E-state index contributed by atoms with van der Waals surface area (Å²) in [5, 5.41) is 4.11. The normalized spacial score (nSPS) is 18.1. The Morgan fingerprint density at radius 2 is 2.15 bits per heavy atom. The van der Waals surface area contributed by atoms with Gasteiger partial charge in [0.25, 0.3) is 0 Å². The zero-order valence-corrected chi connectivity index (χ0v) is 11.5. The van der Waals surface area contributed by atoms with Gasteiger partial charge >= 0.3 is 5.97 Å². The Balaban J connectivity index is 2.08. The summed E-state index contributed by atoms with van der Waals surface area (Å²) >= 11 is 0. The average molecular weight is 274 g/mol. The molecule has 1 aromatic rings. The van der Waals surface area contributed by atoms with Crippen molar-refractivity contribution in [2.75, 3.05) is 6.61 Å². The maximum absolute atomic E-state index is 11.5. The Labute approximate surface area is 118 Å². The van der Waals surface area contributed by atoms with Crippen molar-refractivity contribution in [1.82, 2.24) is 5.43 Å². The van der Waals surface area contributed by atoms with E-state index in [-0.39, 0.29) is 24.2 Å². The summed E-state index contributed by atoms with van der Waals surface area (Å²) in [6.07, 6.45) is 1.15. The van der Waals surface area contributed by atoms with Crippen LogP contribution in [0.1, 0.15) is 37.7 Å². The molecule has 1 N–H and O–H groups in total. The molecule has 1 aromatic carbocycles. The van der Waals surface area contributed by atoms with Crippen LogP contribution in [0.15, 0.2) is 35.4 Å². The lowest BCUT2D eigenvalue weighted by Gasteiger charge is -2.23. The quantitative estimate of drug-likeness (QED) is 0.835. The van der Waals surface area contributed by atoms with E-state index in [1.165, 1.54) is 0 Å². The van der Waals surface area contributed by atoms with Gasteiger partial charge in [0.05, 0.1) is 13.0 Å². The van der Waals surface area contributed by atoms with Crippen molar-refractivity contribution in [3.8, 4) is 0 Å². The Morgan fingerprint density at radius 1 is 1.40 bits per heavy atom.